The van der Waals surface area contributed by atoms with Gasteiger partial charge >= 0.3 is 12.0 Å². The number of hydrogen-bond donors (Lipinski definition) is 3. The summed E-state index contributed by atoms with van der Waals surface area (Å²) >= 11 is 0. The number of ether oxygens (including phenoxy) is 1. The molecule has 3 N–H and O–H groups in total. The van der Waals surface area contributed by atoms with Crippen molar-refractivity contribution in [3.8, 4) is 0 Å². The topological polar surface area (TPSA) is 87.7 Å². The fourth-order valence-corrected chi connectivity index (χ4v) is 2.76. The van der Waals surface area contributed by atoms with Crippen LogP contribution in [0.3, 0.4) is 0 Å². The SMILES string of the molecule is O=C(NCCC1CCCCO1)NCC1(C(=O)O)CCC1. The fraction of sp³-hybridized carbons (Fsp3) is 0.857. The van der Waals surface area contributed by atoms with Gasteiger partial charge in [-0.3, -0.25) is 4.79 Å². The number of carboxylic acid groups (broad SMARTS) is 1. The van der Waals surface area contributed by atoms with Crippen LogP contribution < -0.4 is 10.6 Å². The molecule has 0 spiro atoms. The number of carbonyl (C=O) groups is 2. The number of rotatable bonds is 6. The minimum atomic E-state index is -0.806. The van der Waals surface area contributed by atoms with Gasteiger partial charge in [0, 0.05) is 19.7 Å². The first-order chi connectivity index (χ1) is 9.62. The maximum atomic E-state index is 11.6. The van der Waals surface area contributed by atoms with Crippen molar-refractivity contribution in [3.05, 3.63) is 0 Å². The zero-order valence-electron chi connectivity index (χ0n) is 11.8. The second-order valence-electron chi connectivity index (χ2n) is 5.83. The van der Waals surface area contributed by atoms with E-state index in [4.69, 9.17) is 9.84 Å². The summed E-state index contributed by atoms with van der Waals surface area (Å²) in [5, 5.41) is 14.6. The zero-order chi connectivity index (χ0) is 14.4. The van der Waals surface area contributed by atoms with E-state index >= 15 is 0 Å². The van der Waals surface area contributed by atoms with E-state index in [9.17, 15) is 9.59 Å². The van der Waals surface area contributed by atoms with Crippen LogP contribution in [-0.4, -0.2) is 42.9 Å². The van der Waals surface area contributed by atoms with E-state index < -0.39 is 11.4 Å². The Kier molecular flexibility index (Phi) is 5.23. The lowest BCUT2D eigenvalue weighted by molar-refractivity contribution is -0.153. The predicted octanol–water partition coefficient (Wildman–Crippen LogP) is 1.50. The molecule has 1 aliphatic heterocycles. The number of nitrogens with one attached hydrogen (secondary N) is 2. The van der Waals surface area contributed by atoms with Crippen molar-refractivity contribution in [1.82, 2.24) is 10.6 Å². The van der Waals surface area contributed by atoms with E-state index in [1.165, 1.54) is 6.42 Å². The molecule has 2 amide bonds. The van der Waals surface area contributed by atoms with E-state index in [1.54, 1.807) is 0 Å². The highest BCUT2D eigenvalue weighted by molar-refractivity contribution is 5.78. The number of urea groups is 1. The average Bonchev–Trinajstić information content (AvgIpc) is 2.38. The highest BCUT2D eigenvalue weighted by Crippen LogP contribution is 2.40. The van der Waals surface area contributed by atoms with Crippen LogP contribution in [0, 0.1) is 5.41 Å². The number of amides is 2. The molecule has 0 aromatic heterocycles. The third kappa shape index (κ3) is 3.85. The van der Waals surface area contributed by atoms with Crippen LogP contribution in [0.2, 0.25) is 0 Å². The summed E-state index contributed by atoms with van der Waals surface area (Å²) in [5.41, 5.74) is -0.732. The molecule has 1 unspecified atom stereocenters. The molecule has 20 heavy (non-hydrogen) atoms. The van der Waals surface area contributed by atoms with Gasteiger partial charge in [-0.15, -0.1) is 0 Å². The predicted molar refractivity (Wildman–Crippen MR) is 73.5 cm³/mol. The first kappa shape index (κ1) is 15.1. The van der Waals surface area contributed by atoms with E-state index in [1.807, 2.05) is 0 Å². The Morgan fingerprint density at radius 1 is 1.20 bits per heavy atom. The Bertz CT molecular complexity index is 349. The summed E-state index contributed by atoms with van der Waals surface area (Å²) in [7, 11) is 0. The lowest BCUT2D eigenvalue weighted by Crippen LogP contribution is -2.50. The lowest BCUT2D eigenvalue weighted by atomic mass is 9.69. The minimum Gasteiger partial charge on any atom is -0.481 e. The summed E-state index contributed by atoms with van der Waals surface area (Å²) < 4.78 is 5.58. The maximum absolute atomic E-state index is 11.6. The van der Waals surface area contributed by atoms with Crippen molar-refractivity contribution in [2.45, 2.75) is 51.0 Å². The number of aliphatic carboxylic acids is 1. The van der Waals surface area contributed by atoms with Crippen LogP contribution >= 0.6 is 0 Å². The zero-order valence-corrected chi connectivity index (χ0v) is 11.8. The van der Waals surface area contributed by atoms with E-state index in [0.717, 1.165) is 32.3 Å². The molecule has 6 heteroatoms. The smallest absolute Gasteiger partial charge is 0.314 e. The summed E-state index contributed by atoms with van der Waals surface area (Å²) in [6, 6.07) is -0.284. The van der Waals surface area contributed by atoms with Crippen molar-refractivity contribution in [3.63, 3.8) is 0 Å². The summed E-state index contributed by atoms with van der Waals surface area (Å²) in [6.07, 6.45) is 6.68. The van der Waals surface area contributed by atoms with Gasteiger partial charge in [-0.1, -0.05) is 6.42 Å². The highest BCUT2D eigenvalue weighted by Gasteiger charge is 2.44. The van der Waals surface area contributed by atoms with Crippen molar-refractivity contribution < 1.29 is 19.4 Å². The first-order valence-corrected chi connectivity index (χ1v) is 7.49. The van der Waals surface area contributed by atoms with Crippen molar-refractivity contribution in [2.75, 3.05) is 19.7 Å². The third-order valence-corrected chi connectivity index (χ3v) is 4.38. The Morgan fingerprint density at radius 2 is 2.00 bits per heavy atom. The van der Waals surface area contributed by atoms with Crippen LogP contribution in [0.4, 0.5) is 4.79 Å². The van der Waals surface area contributed by atoms with Gasteiger partial charge in [0.2, 0.25) is 0 Å². The van der Waals surface area contributed by atoms with Gasteiger partial charge in [-0.2, -0.15) is 0 Å². The molecule has 2 fully saturated rings. The van der Waals surface area contributed by atoms with Crippen LogP contribution in [0.25, 0.3) is 0 Å². The maximum Gasteiger partial charge on any atom is 0.314 e. The molecular weight excluding hydrogens is 260 g/mol. The second kappa shape index (κ2) is 6.92. The quantitative estimate of drug-likeness (QED) is 0.689. The Hall–Kier alpha value is -1.30. The van der Waals surface area contributed by atoms with Gasteiger partial charge in [0.15, 0.2) is 0 Å². The van der Waals surface area contributed by atoms with Gasteiger partial charge < -0.3 is 20.5 Å². The van der Waals surface area contributed by atoms with Crippen LogP contribution in [0.1, 0.15) is 44.9 Å². The molecular formula is C14H24N2O4. The largest absolute Gasteiger partial charge is 0.481 e. The Labute approximate surface area is 119 Å². The Morgan fingerprint density at radius 3 is 2.55 bits per heavy atom. The van der Waals surface area contributed by atoms with Crippen LogP contribution in [-0.2, 0) is 9.53 Å². The van der Waals surface area contributed by atoms with Gasteiger partial charge in [-0.05, 0) is 38.5 Å². The minimum absolute atomic E-state index is 0.216. The summed E-state index contributed by atoms with van der Waals surface area (Å²) in [5.74, 6) is -0.806. The molecule has 1 saturated carbocycles. The molecule has 0 radical (unpaired) electrons. The summed E-state index contributed by atoms with van der Waals surface area (Å²) in [6.45, 7) is 1.60. The van der Waals surface area contributed by atoms with Gasteiger partial charge in [0.05, 0.1) is 11.5 Å². The molecule has 1 saturated heterocycles. The first-order valence-electron chi connectivity index (χ1n) is 7.49. The summed E-state index contributed by atoms with van der Waals surface area (Å²) in [4.78, 5) is 22.8. The van der Waals surface area contributed by atoms with Crippen molar-refractivity contribution in [1.29, 1.82) is 0 Å². The van der Waals surface area contributed by atoms with Gasteiger partial charge in [0.25, 0.3) is 0 Å². The molecule has 0 aromatic carbocycles. The number of carbonyl (C=O) groups excluding carboxylic acids is 1. The molecule has 2 rings (SSSR count). The van der Waals surface area contributed by atoms with E-state index in [-0.39, 0.29) is 18.7 Å². The fourth-order valence-electron chi connectivity index (χ4n) is 2.76. The third-order valence-electron chi connectivity index (χ3n) is 4.38. The van der Waals surface area contributed by atoms with E-state index in [0.29, 0.717) is 19.4 Å². The lowest BCUT2D eigenvalue weighted by Gasteiger charge is -2.37. The highest BCUT2D eigenvalue weighted by atomic mass is 16.5. The molecule has 2 aliphatic rings. The molecule has 1 aliphatic carbocycles. The number of carboxylic acids is 1. The van der Waals surface area contributed by atoms with Crippen molar-refractivity contribution >= 4 is 12.0 Å². The van der Waals surface area contributed by atoms with Crippen LogP contribution in [0.5, 0.6) is 0 Å². The Balaban J connectivity index is 1.59. The monoisotopic (exact) mass is 284 g/mol. The average molecular weight is 284 g/mol. The molecule has 1 heterocycles. The molecule has 6 nitrogen and oxygen atoms in total. The molecule has 0 bridgehead atoms. The van der Waals surface area contributed by atoms with E-state index in [2.05, 4.69) is 10.6 Å². The molecule has 1 atom stereocenters. The van der Waals surface area contributed by atoms with Crippen molar-refractivity contribution in [2.24, 2.45) is 5.41 Å². The second-order valence-corrected chi connectivity index (χ2v) is 5.83. The normalized spacial score (nSPS) is 24.5. The molecule has 0 aromatic rings. The number of hydrogen-bond acceptors (Lipinski definition) is 3. The molecule has 114 valence electrons. The van der Waals surface area contributed by atoms with Crippen LogP contribution in [0.15, 0.2) is 0 Å². The standard InChI is InChI=1S/C14H24N2O4/c17-12(18)14(6-3-7-14)10-16-13(19)15-8-5-11-4-1-2-9-20-11/h11H,1-10H2,(H,17,18)(H2,15,16,19). The van der Waals surface area contributed by atoms with Gasteiger partial charge in [-0.25, -0.2) is 4.79 Å². The van der Waals surface area contributed by atoms with Gasteiger partial charge in [0.1, 0.15) is 0 Å².